The third-order valence-corrected chi connectivity index (χ3v) is 6.15. The van der Waals surface area contributed by atoms with Crippen molar-refractivity contribution >= 4 is 49.8 Å². The van der Waals surface area contributed by atoms with Crippen LogP contribution in [0.3, 0.4) is 0 Å². The summed E-state index contributed by atoms with van der Waals surface area (Å²) in [7, 11) is -3.92. The van der Waals surface area contributed by atoms with Gasteiger partial charge in [-0.1, -0.05) is 11.6 Å². The highest BCUT2D eigenvalue weighted by Gasteiger charge is 2.25. The summed E-state index contributed by atoms with van der Waals surface area (Å²) in [5, 5.41) is 4.45. The van der Waals surface area contributed by atoms with E-state index in [0.29, 0.717) is 0 Å². The Balaban J connectivity index is 2.36. The van der Waals surface area contributed by atoms with Gasteiger partial charge in [-0.25, -0.2) is 13.1 Å². The van der Waals surface area contributed by atoms with E-state index in [1.54, 1.807) is 26.2 Å². The minimum absolute atomic E-state index is 0.00718. The van der Waals surface area contributed by atoms with Crippen LogP contribution in [0.1, 0.15) is 41.5 Å². The van der Waals surface area contributed by atoms with E-state index in [1.807, 2.05) is 0 Å². The van der Waals surface area contributed by atoms with Crippen LogP contribution in [0.4, 0.5) is 5.00 Å². The quantitative estimate of drug-likeness (QED) is 0.695. The summed E-state index contributed by atoms with van der Waals surface area (Å²) in [4.78, 5) is 23.6. The van der Waals surface area contributed by atoms with Crippen LogP contribution in [0, 0.1) is 0 Å². The molecule has 7 nitrogen and oxygen atoms in total. The van der Waals surface area contributed by atoms with Crippen LogP contribution in [0.2, 0.25) is 5.02 Å². The average Bonchev–Trinajstić information content (AvgIpc) is 2.93. The van der Waals surface area contributed by atoms with Gasteiger partial charge in [-0.05, 0) is 50.4 Å². The van der Waals surface area contributed by atoms with Gasteiger partial charge in [0.2, 0.25) is 10.0 Å². The summed E-state index contributed by atoms with van der Waals surface area (Å²) < 4.78 is 27.5. The second kappa shape index (κ2) is 7.36. The monoisotopic (exact) mass is 415 g/mol. The van der Waals surface area contributed by atoms with Crippen molar-refractivity contribution < 1.29 is 18.0 Å². The van der Waals surface area contributed by atoms with E-state index in [9.17, 15) is 18.0 Å². The fourth-order valence-corrected chi connectivity index (χ4v) is 4.82. The van der Waals surface area contributed by atoms with Crippen LogP contribution in [0.25, 0.3) is 0 Å². The van der Waals surface area contributed by atoms with Crippen LogP contribution in [0.5, 0.6) is 0 Å². The summed E-state index contributed by atoms with van der Waals surface area (Å²) in [6.45, 7) is 5.07. The number of halogens is 1. The molecule has 0 saturated carbocycles. The molecule has 2 amide bonds. The number of sulfonamides is 1. The van der Waals surface area contributed by atoms with Gasteiger partial charge in [0, 0.05) is 11.1 Å². The van der Waals surface area contributed by atoms with Crippen LogP contribution >= 0.6 is 22.9 Å². The molecule has 4 N–H and O–H groups in total. The zero-order chi connectivity index (χ0) is 19.7. The zero-order valence-corrected chi connectivity index (χ0v) is 16.7. The maximum atomic E-state index is 12.5. The number of hydrogen-bond donors (Lipinski definition) is 3. The zero-order valence-electron chi connectivity index (χ0n) is 14.3. The molecule has 0 atom stereocenters. The first-order valence-electron chi connectivity index (χ1n) is 7.43. The predicted octanol–water partition coefficient (Wildman–Crippen LogP) is 2.83. The molecule has 140 valence electrons. The molecule has 1 heterocycles. The fraction of sp³-hybridized carbons (Fsp3) is 0.250. The number of rotatable bonds is 5. The third kappa shape index (κ3) is 4.82. The molecule has 0 spiro atoms. The Morgan fingerprint density at radius 3 is 2.42 bits per heavy atom. The molecule has 0 fully saturated rings. The molecule has 0 saturated heterocycles. The van der Waals surface area contributed by atoms with E-state index in [4.69, 9.17) is 17.3 Å². The molecule has 0 aliphatic heterocycles. The molecule has 0 aliphatic carbocycles. The van der Waals surface area contributed by atoms with Crippen molar-refractivity contribution in [1.82, 2.24) is 4.72 Å². The number of anilines is 1. The van der Waals surface area contributed by atoms with E-state index >= 15 is 0 Å². The Morgan fingerprint density at radius 1 is 1.19 bits per heavy atom. The lowest BCUT2D eigenvalue weighted by Crippen LogP contribution is -2.40. The van der Waals surface area contributed by atoms with Crippen LogP contribution < -0.4 is 15.8 Å². The molecular formula is C16H18ClN3O4S2. The largest absolute Gasteiger partial charge is 0.366 e. The highest BCUT2D eigenvalue weighted by atomic mass is 35.5. The minimum atomic E-state index is -3.92. The number of primary amides is 1. The lowest BCUT2D eigenvalue weighted by atomic mass is 10.1. The summed E-state index contributed by atoms with van der Waals surface area (Å²) in [6.07, 6.45) is 0. The number of nitrogens with two attached hydrogens (primary N) is 1. The molecule has 0 bridgehead atoms. The number of benzene rings is 1. The van der Waals surface area contributed by atoms with E-state index in [0.717, 1.165) is 11.3 Å². The minimum Gasteiger partial charge on any atom is -0.366 e. The van der Waals surface area contributed by atoms with Crippen molar-refractivity contribution in [2.24, 2.45) is 5.73 Å². The first-order valence-corrected chi connectivity index (χ1v) is 10.2. The third-order valence-electron chi connectivity index (χ3n) is 3.08. The van der Waals surface area contributed by atoms with Crippen molar-refractivity contribution in [3.8, 4) is 0 Å². The number of hydrogen-bond acceptors (Lipinski definition) is 5. The second-order valence-electron chi connectivity index (χ2n) is 6.48. The molecule has 1 aromatic heterocycles. The van der Waals surface area contributed by atoms with Gasteiger partial charge in [0.15, 0.2) is 0 Å². The standard InChI is InChI=1S/C16H18ClN3O4S2/c1-16(2,3)20-26(23,24)12-8-9(4-5-11(12)17)14(22)19-15-10(13(18)21)6-7-25-15/h4-8,20H,1-3H3,(H2,18,21)(H,19,22). The van der Waals surface area contributed by atoms with Gasteiger partial charge < -0.3 is 11.1 Å². The summed E-state index contributed by atoms with van der Waals surface area (Å²) in [6, 6.07) is 5.40. The number of amides is 2. The number of carbonyl (C=O) groups is 2. The van der Waals surface area contributed by atoms with E-state index < -0.39 is 27.4 Å². The number of carbonyl (C=O) groups excluding carboxylic acids is 2. The van der Waals surface area contributed by atoms with E-state index in [1.165, 1.54) is 24.3 Å². The van der Waals surface area contributed by atoms with Crippen LogP contribution in [-0.2, 0) is 10.0 Å². The Kier molecular flexibility index (Phi) is 5.76. The van der Waals surface area contributed by atoms with Gasteiger partial charge in [0.1, 0.15) is 9.90 Å². The molecule has 0 aliphatic rings. The van der Waals surface area contributed by atoms with Crippen molar-refractivity contribution in [1.29, 1.82) is 0 Å². The van der Waals surface area contributed by atoms with Gasteiger partial charge in [-0.2, -0.15) is 0 Å². The molecule has 10 heteroatoms. The maximum absolute atomic E-state index is 12.5. The van der Waals surface area contributed by atoms with E-state index in [-0.39, 0.29) is 26.0 Å². The molecular weight excluding hydrogens is 398 g/mol. The van der Waals surface area contributed by atoms with Crippen molar-refractivity contribution in [3.63, 3.8) is 0 Å². The van der Waals surface area contributed by atoms with Gasteiger partial charge in [0.25, 0.3) is 11.8 Å². The summed E-state index contributed by atoms with van der Waals surface area (Å²) in [5.41, 5.74) is 4.79. The lowest BCUT2D eigenvalue weighted by Gasteiger charge is -2.21. The molecule has 2 aromatic rings. The molecule has 2 rings (SSSR count). The second-order valence-corrected chi connectivity index (χ2v) is 9.46. The summed E-state index contributed by atoms with van der Waals surface area (Å²) >= 11 is 7.15. The van der Waals surface area contributed by atoms with Crippen molar-refractivity contribution in [2.75, 3.05) is 5.32 Å². The van der Waals surface area contributed by atoms with Crippen molar-refractivity contribution in [2.45, 2.75) is 31.2 Å². The topological polar surface area (TPSA) is 118 Å². The lowest BCUT2D eigenvalue weighted by molar-refractivity contribution is 0.100. The van der Waals surface area contributed by atoms with Gasteiger partial charge in [-0.15, -0.1) is 11.3 Å². The predicted molar refractivity (Wildman–Crippen MR) is 102 cm³/mol. The molecule has 0 radical (unpaired) electrons. The Labute approximate surface area is 160 Å². The first kappa shape index (κ1) is 20.4. The van der Waals surface area contributed by atoms with Gasteiger partial charge in [0.05, 0.1) is 10.6 Å². The summed E-state index contributed by atoms with van der Waals surface area (Å²) in [5.74, 6) is -1.26. The van der Waals surface area contributed by atoms with Gasteiger partial charge in [-0.3, -0.25) is 9.59 Å². The Morgan fingerprint density at radius 2 is 1.85 bits per heavy atom. The molecule has 26 heavy (non-hydrogen) atoms. The van der Waals surface area contributed by atoms with Crippen molar-refractivity contribution in [3.05, 3.63) is 45.8 Å². The SMILES string of the molecule is CC(C)(C)NS(=O)(=O)c1cc(C(=O)Nc2sccc2C(N)=O)ccc1Cl. The van der Waals surface area contributed by atoms with Crippen LogP contribution in [0.15, 0.2) is 34.5 Å². The van der Waals surface area contributed by atoms with Gasteiger partial charge >= 0.3 is 0 Å². The fourth-order valence-electron chi connectivity index (χ4n) is 2.08. The Bertz CT molecular complexity index is 962. The maximum Gasteiger partial charge on any atom is 0.256 e. The average molecular weight is 416 g/mol. The first-order chi connectivity index (χ1) is 11.9. The number of thiophene rings is 1. The highest BCUT2D eigenvalue weighted by Crippen LogP contribution is 2.26. The number of nitrogens with one attached hydrogen (secondary N) is 2. The smallest absolute Gasteiger partial charge is 0.256 e. The van der Waals surface area contributed by atoms with Crippen LogP contribution in [-0.4, -0.2) is 25.8 Å². The molecule has 0 unspecified atom stereocenters. The highest BCUT2D eigenvalue weighted by molar-refractivity contribution is 7.89. The normalized spacial score (nSPS) is 12.0. The molecule has 1 aromatic carbocycles. The Hall–Kier alpha value is -1.94. The van der Waals surface area contributed by atoms with E-state index in [2.05, 4.69) is 10.0 Å².